The van der Waals surface area contributed by atoms with Gasteiger partial charge in [0.1, 0.15) is 0 Å². The lowest BCUT2D eigenvalue weighted by Crippen LogP contribution is -2.52. The summed E-state index contributed by atoms with van der Waals surface area (Å²) in [6.45, 7) is 5.88. The van der Waals surface area contributed by atoms with Crippen LogP contribution in [-0.2, 0) is 4.79 Å². The summed E-state index contributed by atoms with van der Waals surface area (Å²) in [6, 6.07) is -1.53. The predicted molar refractivity (Wildman–Crippen MR) is 69.9 cm³/mol. The predicted octanol–water partition coefficient (Wildman–Crippen LogP) is -0.396. The third-order valence-corrected chi connectivity index (χ3v) is 3.44. The van der Waals surface area contributed by atoms with E-state index in [0.29, 0.717) is 12.6 Å². The standard InChI is InChI=1S/C12H23N3O4/c1-3-15-6-4-5-9(15)7-13-12(19)14-10(8(2)16)11(17)18/h8-10,16H,3-7H2,1-2H3,(H,17,18)(H2,13,14,19)/t8-,9?,10+/m1/s1. The molecule has 110 valence electrons. The van der Waals surface area contributed by atoms with Crippen molar-refractivity contribution in [2.75, 3.05) is 19.6 Å². The van der Waals surface area contributed by atoms with Crippen LogP contribution in [0.5, 0.6) is 0 Å². The molecule has 1 aliphatic rings. The van der Waals surface area contributed by atoms with Gasteiger partial charge in [-0.05, 0) is 32.9 Å². The number of carbonyl (C=O) groups excluding carboxylic acids is 1. The van der Waals surface area contributed by atoms with Gasteiger partial charge >= 0.3 is 12.0 Å². The average Bonchev–Trinajstić information content (AvgIpc) is 2.79. The monoisotopic (exact) mass is 273 g/mol. The Morgan fingerprint density at radius 1 is 1.47 bits per heavy atom. The zero-order valence-corrected chi connectivity index (χ0v) is 11.4. The minimum Gasteiger partial charge on any atom is -0.480 e. The van der Waals surface area contributed by atoms with E-state index < -0.39 is 24.1 Å². The molecular formula is C12H23N3O4. The summed E-state index contributed by atoms with van der Waals surface area (Å²) in [5, 5.41) is 23.0. The van der Waals surface area contributed by atoms with Crippen LogP contribution >= 0.6 is 0 Å². The van der Waals surface area contributed by atoms with Gasteiger partial charge in [-0.2, -0.15) is 0 Å². The minimum absolute atomic E-state index is 0.311. The van der Waals surface area contributed by atoms with Crippen molar-refractivity contribution in [1.29, 1.82) is 0 Å². The van der Waals surface area contributed by atoms with Gasteiger partial charge in [0.05, 0.1) is 6.10 Å². The quantitative estimate of drug-likeness (QED) is 0.527. The van der Waals surface area contributed by atoms with E-state index in [4.69, 9.17) is 5.11 Å². The molecule has 19 heavy (non-hydrogen) atoms. The van der Waals surface area contributed by atoms with Crippen molar-refractivity contribution in [3.05, 3.63) is 0 Å². The zero-order valence-electron chi connectivity index (χ0n) is 11.4. The molecule has 1 saturated heterocycles. The van der Waals surface area contributed by atoms with E-state index in [-0.39, 0.29) is 0 Å². The van der Waals surface area contributed by atoms with E-state index in [1.807, 2.05) is 0 Å². The number of urea groups is 1. The number of carboxylic acids is 1. The number of amides is 2. The maximum atomic E-state index is 11.6. The number of aliphatic hydroxyl groups is 1. The molecule has 1 heterocycles. The Balaban J connectivity index is 2.36. The lowest BCUT2D eigenvalue weighted by Gasteiger charge is -2.24. The SMILES string of the molecule is CCN1CCCC1CNC(=O)N[C@H](C(=O)O)[C@@H](C)O. The Bertz CT molecular complexity index is 322. The first-order valence-electron chi connectivity index (χ1n) is 6.65. The van der Waals surface area contributed by atoms with Gasteiger partial charge in [-0.3, -0.25) is 4.90 Å². The molecule has 0 aliphatic carbocycles. The number of aliphatic carboxylic acids is 1. The van der Waals surface area contributed by atoms with E-state index in [1.54, 1.807) is 0 Å². The normalized spacial score (nSPS) is 22.8. The molecular weight excluding hydrogens is 250 g/mol. The van der Waals surface area contributed by atoms with E-state index >= 15 is 0 Å². The summed E-state index contributed by atoms with van der Waals surface area (Å²) in [7, 11) is 0. The maximum Gasteiger partial charge on any atom is 0.328 e. The fraction of sp³-hybridized carbons (Fsp3) is 0.833. The Hall–Kier alpha value is -1.34. The Morgan fingerprint density at radius 3 is 2.68 bits per heavy atom. The zero-order chi connectivity index (χ0) is 14.4. The number of hydrogen-bond acceptors (Lipinski definition) is 4. The lowest BCUT2D eigenvalue weighted by atomic mass is 10.2. The van der Waals surface area contributed by atoms with Crippen LogP contribution in [0, 0.1) is 0 Å². The van der Waals surface area contributed by atoms with Crippen LogP contribution < -0.4 is 10.6 Å². The molecule has 2 amide bonds. The summed E-state index contributed by atoms with van der Waals surface area (Å²) in [6.07, 6.45) is 1.02. The lowest BCUT2D eigenvalue weighted by molar-refractivity contribution is -0.141. The second kappa shape index (κ2) is 7.30. The molecule has 0 spiro atoms. The number of hydrogen-bond donors (Lipinski definition) is 4. The second-order valence-corrected chi connectivity index (χ2v) is 4.84. The average molecular weight is 273 g/mol. The van der Waals surface area contributed by atoms with Crippen molar-refractivity contribution in [3.8, 4) is 0 Å². The van der Waals surface area contributed by atoms with Gasteiger partial charge in [0.15, 0.2) is 6.04 Å². The Morgan fingerprint density at radius 2 is 2.16 bits per heavy atom. The number of carboxylic acid groups (broad SMARTS) is 1. The molecule has 1 fully saturated rings. The molecule has 0 aromatic heterocycles. The van der Waals surface area contributed by atoms with Gasteiger partial charge in [-0.1, -0.05) is 6.92 Å². The highest BCUT2D eigenvalue weighted by molar-refractivity contribution is 5.82. The summed E-state index contributed by atoms with van der Waals surface area (Å²) >= 11 is 0. The third-order valence-electron chi connectivity index (χ3n) is 3.44. The molecule has 0 saturated carbocycles. The highest BCUT2D eigenvalue weighted by Gasteiger charge is 2.26. The van der Waals surface area contributed by atoms with Crippen LogP contribution in [0.25, 0.3) is 0 Å². The van der Waals surface area contributed by atoms with Crippen molar-refractivity contribution in [3.63, 3.8) is 0 Å². The number of nitrogens with zero attached hydrogens (tertiary/aromatic N) is 1. The largest absolute Gasteiger partial charge is 0.480 e. The minimum atomic E-state index is -1.29. The highest BCUT2D eigenvalue weighted by Crippen LogP contribution is 2.15. The van der Waals surface area contributed by atoms with Crippen molar-refractivity contribution < 1.29 is 19.8 Å². The first-order valence-corrected chi connectivity index (χ1v) is 6.65. The van der Waals surface area contributed by atoms with Crippen molar-refractivity contribution in [1.82, 2.24) is 15.5 Å². The molecule has 7 nitrogen and oxygen atoms in total. The van der Waals surface area contributed by atoms with E-state index in [1.165, 1.54) is 6.92 Å². The smallest absolute Gasteiger partial charge is 0.328 e. The molecule has 1 aliphatic heterocycles. The number of nitrogens with one attached hydrogen (secondary N) is 2. The topological polar surface area (TPSA) is 102 Å². The van der Waals surface area contributed by atoms with Gasteiger partial charge < -0.3 is 20.8 Å². The highest BCUT2D eigenvalue weighted by atomic mass is 16.4. The number of carbonyl (C=O) groups is 2. The van der Waals surface area contributed by atoms with E-state index in [9.17, 15) is 14.7 Å². The van der Waals surface area contributed by atoms with E-state index in [2.05, 4.69) is 22.5 Å². The first kappa shape index (κ1) is 15.7. The fourth-order valence-corrected chi connectivity index (χ4v) is 2.33. The summed E-state index contributed by atoms with van der Waals surface area (Å²) in [4.78, 5) is 24.7. The van der Waals surface area contributed by atoms with Gasteiger partial charge in [-0.25, -0.2) is 9.59 Å². The third kappa shape index (κ3) is 4.68. The van der Waals surface area contributed by atoms with Crippen LogP contribution in [0.2, 0.25) is 0 Å². The second-order valence-electron chi connectivity index (χ2n) is 4.84. The molecule has 0 bridgehead atoms. The van der Waals surface area contributed by atoms with Crippen LogP contribution in [0.4, 0.5) is 4.79 Å². The first-order chi connectivity index (χ1) is 8.95. The number of rotatable bonds is 6. The summed E-state index contributed by atoms with van der Waals surface area (Å²) in [5.41, 5.74) is 0. The van der Waals surface area contributed by atoms with Gasteiger partial charge in [0, 0.05) is 12.6 Å². The summed E-state index contributed by atoms with van der Waals surface area (Å²) < 4.78 is 0. The molecule has 0 aromatic rings. The van der Waals surface area contributed by atoms with E-state index in [0.717, 1.165) is 25.9 Å². The maximum absolute atomic E-state index is 11.6. The van der Waals surface area contributed by atoms with Crippen molar-refractivity contribution in [2.24, 2.45) is 0 Å². The molecule has 0 aromatic carbocycles. The number of likely N-dealkylation sites (N-methyl/N-ethyl adjacent to an activating group) is 1. The molecule has 7 heteroatoms. The summed E-state index contributed by atoms with van der Waals surface area (Å²) in [5.74, 6) is -1.25. The van der Waals surface area contributed by atoms with Gasteiger partial charge in [-0.15, -0.1) is 0 Å². The molecule has 4 N–H and O–H groups in total. The molecule has 1 unspecified atom stereocenters. The van der Waals surface area contributed by atoms with Crippen molar-refractivity contribution >= 4 is 12.0 Å². The fourth-order valence-electron chi connectivity index (χ4n) is 2.33. The number of aliphatic hydroxyl groups excluding tert-OH is 1. The van der Waals surface area contributed by atoms with Gasteiger partial charge in [0.2, 0.25) is 0 Å². The number of likely N-dealkylation sites (tertiary alicyclic amines) is 1. The van der Waals surface area contributed by atoms with Crippen LogP contribution in [0.3, 0.4) is 0 Å². The van der Waals surface area contributed by atoms with Crippen LogP contribution in [0.15, 0.2) is 0 Å². The Labute approximate surface area is 113 Å². The Kier molecular flexibility index (Phi) is 6.04. The molecule has 0 radical (unpaired) electrons. The van der Waals surface area contributed by atoms with Crippen molar-refractivity contribution in [2.45, 2.75) is 44.9 Å². The van der Waals surface area contributed by atoms with Crippen LogP contribution in [0.1, 0.15) is 26.7 Å². The van der Waals surface area contributed by atoms with Gasteiger partial charge in [0.25, 0.3) is 0 Å². The molecule has 1 rings (SSSR count). The van der Waals surface area contributed by atoms with Crippen LogP contribution in [-0.4, -0.2) is 64.9 Å². The molecule has 3 atom stereocenters.